The molecular weight excluding hydrogens is 432 g/mol. The highest BCUT2D eigenvalue weighted by Crippen LogP contribution is 2.36. The van der Waals surface area contributed by atoms with Gasteiger partial charge in [-0.25, -0.2) is 19.6 Å². The molecule has 0 aliphatic carbocycles. The Bertz CT molecular complexity index is 1490. The van der Waals surface area contributed by atoms with Crippen LogP contribution >= 0.6 is 0 Å². The molecule has 0 aliphatic heterocycles. The summed E-state index contributed by atoms with van der Waals surface area (Å²) in [7, 11) is 0. The van der Waals surface area contributed by atoms with Crippen LogP contribution in [0, 0.1) is 0 Å². The third kappa shape index (κ3) is 3.53. The summed E-state index contributed by atoms with van der Waals surface area (Å²) in [5.74, 6) is -2.41. The summed E-state index contributed by atoms with van der Waals surface area (Å²) in [5, 5.41) is 20.7. The maximum Gasteiger partial charge on any atom is 0.354 e. The van der Waals surface area contributed by atoms with Gasteiger partial charge in [0, 0.05) is 22.1 Å². The van der Waals surface area contributed by atoms with Crippen LogP contribution in [0.4, 0.5) is 11.4 Å². The van der Waals surface area contributed by atoms with Crippen LogP contribution in [-0.4, -0.2) is 32.1 Å². The summed E-state index contributed by atoms with van der Waals surface area (Å²) in [6.07, 6.45) is 0. The van der Waals surface area contributed by atoms with Gasteiger partial charge < -0.3 is 21.7 Å². The molecule has 0 saturated heterocycles. The maximum absolute atomic E-state index is 11.9. The van der Waals surface area contributed by atoms with E-state index in [1.807, 2.05) is 12.1 Å². The van der Waals surface area contributed by atoms with Crippen LogP contribution in [0.5, 0.6) is 0 Å². The Morgan fingerprint density at radius 3 is 1.26 bits per heavy atom. The molecule has 5 rings (SSSR count). The minimum absolute atomic E-state index is 0.177. The molecule has 0 bridgehead atoms. The van der Waals surface area contributed by atoms with E-state index in [0.717, 1.165) is 11.1 Å². The zero-order valence-corrected chi connectivity index (χ0v) is 17.7. The first-order valence-corrected chi connectivity index (χ1v) is 10.3. The van der Waals surface area contributed by atoms with Crippen molar-refractivity contribution in [2.75, 3.05) is 11.5 Å². The van der Waals surface area contributed by atoms with Gasteiger partial charge >= 0.3 is 11.9 Å². The van der Waals surface area contributed by atoms with Crippen molar-refractivity contribution in [3.05, 3.63) is 84.2 Å². The SMILES string of the molecule is Nc1ccc(-c2cc(C(=O)O)nc3c2ccc2c(-c4ccc(N)cc4)cc(C(=O)O)nc23)cc1. The van der Waals surface area contributed by atoms with Crippen LogP contribution < -0.4 is 11.5 Å². The van der Waals surface area contributed by atoms with Crippen molar-refractivity contribution in [2.45, 2.75) is 0 Å². The first kappa shape index (κ1) is 20.9. The molecule has 34 heavy (non-hydrogen) atoms. The van der Waals surface area contributed by atoms with Crippen LogP contribution in [0.15, 0.2) is 72.8 Å². The zero-order chi connectivity index (χ0) is 24.0. The molecular formula is C26H18N4O4. The maximum atomic E-state index is 11.9. The van der Waals surface area contributed by atoms with E-state index in [2.05, 4.69) is 9.97 Å². The number of anilines is 2. The largest absolute Gasteiger partial charge is 0.477 e. The average molecular weight is 450 g/mol. The Morgan fingerprint density at radius 1 is 0.588 bits per heavy atom. The summed E-state index contributed by atoms with van der Waals surface area (Å²) in [4.78, 5) is 32.5. The lowest BCUT2D eigenvalue weighted by molar-refractivity contribution is 0.0680. The lowest BCUT2D eigenvalue weighted by Gasteiger charge is -2.13. The quantitative estimate of drug-likeness (QED) is 0.227. The van der Waals surface area contributed by atoms with Crippen molar-refractivity contribution in [1.29, 1.82) is 0 Å². The number of aromatic carboxylic acids is 2. The van der Waals surface area contributed by atoms with Gasteiger partial charge in [-0.15, -0.1) is 0 Å². The van der Waals surface area contributed by atoms with E-state index in [1.165, 1.54) is 12.1 Å². The smallest absolute Gasteiger partial charge is 0.354 e. The molecule has 2 aromatic heterocycles. The molecule has 3 aromatic carbocycles. The molecule has 0 saturated carbocycles. The summed E-state index contributed by atoms with van der Waals surface area (Å²) in [6.45, 7) is 0. The Morgan fingerprint density at radius 2 is 0.941 bits per heavy atom. The number of benzene rings is 3. The van der Waals surface area contributed by atoms with Gasteiger partial charge in [0.15, 0.2) is 0 Å². The minimum atomic E-state index is -1.20. The highest BCUT2D eigenvalue weighted by atomic mass is 16.4. The summed E-state index contributed by atoms with van der Waals surface area (Å²) < 4.78 is 0. The lowest BCUT2D eigenvalue weighted by atomic mass is 9.95. The summed E-state index contributed by atoms with van der Waals surface area (Å²) >= 11 is 0. The van der Waals surface area contributed by atoms with E-state index < -0.39 is 11.9 Å². The molecule has 5 aromatic rings. The van der Waals surface area contributed by atoms with Crippen molar-refractivity contribution in [1.82, 2.24) is 9.97 Å². The Labute approximate surface area is 193 Å². The van der Waals surface area contributed by atoms with E-state index in [-0.39, 0.29) is 11.4 Å². The number of hydrogen-bond acceptors (Lipinski definition) is 6. The number of nitrogen functional groups attached to an aromatic ring is 2. The standard InChI is InChI=1S/C26H18N4O4/c27-15-5-1-13(2-6-15)19-11-21(25(31)32)29-23-17(19)9-10-18-20(14-3-7-16(28)8-4-14)12-22(26(33)34)30-24(18)23/h1-12H,27-28H2,(H,31,32)(H,33,34). The molecule has 0 aliphatic rings. The van der Waals surface area contributed by atoms with Crippen molar-refractivity contribution in [2.24, 2.45) is 0 Å². The molecule has 0 amide bonds. The number of nitrogens with two attached hydrogens (primary N) is 2. The van der Waals surface area contributed by atoms with Crippen molar-refractivity contribution < 1.29 is 19.8 Å². The Kier molecular flexibility index (Phi) is 4.83. The number of carboxylic acids is 2. The molecule has 0 radical (unpaired) electrons. The molecule has 0 atom stereocenters. The number of aromatic nitrogens is 2. The van der Waals surface area contributed by atoms with Crippen molar-refractivity contribution in [3.63, 3.8) is 0 Å². The lowest BCUT2D eigenvalue weighted by Crippen LogP contribution is -2.05. The number of pyridine rings is 2. The van der Waals surface area contributed by atoms with E-state index in [1.54, 1.807) is 48.5 Å². The van der Waals surface area contributed by atoms with Crippen LogP contribution in [0.25, 0.3) is 44.1 Å². The minimum Gasteiger partial charge on any atom is -0.477 e. The predicted octanol–water partition coefficient (Wildman–Crippen LogP) is 4.68. The van der Waals surface area contributed by atoms with Gasteiger partial charge in [-0.3, -0.25) is 0 Å². The second kappa shape index (κ2) is 7.86. The van der Waals surface area contributed by atoms with Gasteiger partial charge in [0.25, 0.3) is 0 Å². The monoisotopic (exact) mass is 450 g/mol. The molecule has 8 nitrogen and oxygen atoms in total. The highest BCUT2D eigenvalue weighted by Gasteiger charge is 2.19. The topological polar surface area (TPSA) is 152 Å². The van der Waals surface area contributed by atoms with Crippen LogP contribution in [-0.2, 0) is 0 Å². The average Bonchev–Trinajstić information content (AvgIpc) is 2.83. The Balaban J connectivity index is 1.91. The summed E-state index contributed by atoms with van der Waals surface area (Å²) in [6, 6.07) is 20.7. The third-order valence-electron chi connectivity index (χ3n) is 5.64. The fraction of sp³-hybridized carbons (Fsp3) is 0. The molecule has 166 valence electrons. The van der Waals surface area contributed by atoms with Gasteiger partial charge in [-0.1, -0.05) is 36.4 Å². The van der Waals surface area contributed by atoms with E-state index >= 15 is 0 Å². The number of fused-ring (bicyclic) bond motifs is 3. The zero-order valence-electron chi connectivity index (χ0n) is 17.7. The fourth-order valence-corrected chi connectivity index (χ4v) is 4.00. The second-order valence-corrected chi connectivity index (χ2v) is 7.82. The van der Waals surface area contributed by atoms with E-state index in [4.69, 9.17) is 11.5 Å². The molecule has 2 heterocycles. The predicted molar refractivity (Wildman–Crippen MR) is 131 cm³/mol. The molecule has 0 unspecified atom stereocenters. The van der Waals surface area contributed by atoms with Gasteiger partial charge in [-0.2, -0.15) is 0 Å². The van der Waals surface area contributed by atoms with Crippen molar-refractivity contribution >= 4 is 45.1 Å². The molecule has 0 fully saturated rings. The van der Waals surface area contributed by atoms with Gasteiger partial charge in [0.1, 0.15) is 11.4 Å². The second-order valence-electron chi connectivity index (χ2n) is 7.82. The van der Waals surface area contributed by atoms with E-state index in [0.29, 0.717) is 44.3 Å². The molecule has 6 N–H and O–H groups in total. The first-order chi connectivity index (χ1) is 16.3. The normalized spacial score (nSPS) is 11.1. The van der Waals surface area contributed by atoms with Crippen LogP contribution in [0.1, 0.15) is 21.0 Å². The highest BCUT2D eigenvalue weighted by molar-refractivity contribution is 6.14. The van der Waals surface area contributed by atoms with Gasteiger partial charge in [0.05, 0.1) is 11.0 Å². The van der Waals surface area contributed by atoms with Crippen molar-refractivity contribution in [3.8, 4) is 22.3 Å². The number of carbonyl (C=O) groups is 2. The number of nitrogens with zero attached hydrogens (tertiary/aromatic N) is 2. The Hall–Kier alpha value is -4.98. The van der Waals surface area contributed by atoms with Crippen LogP contribution in [0.2, 0.25) is 0 Å². The first-order valence-electron chi connectivity index (χ1n) is 10.3. The van der Waals surface area contributed by atoms with Gasteiger partial charge in [0.2, 0.25) is 0 Å². The van der Waals surface area contributed by atoms with E-state index in [9.17, 15) is 19.8 Å². The van der Waals surface area contributed by atoms with Crippen LogP contribution in [0.3, 0.4) is 0 Å². The summed E-state index contributed by atoms with van der Waals surface area (Å²) in [5.41, 5.74) is 15.8. The fourth-order valence-electron chi connectivity index (χ4n) is 4.00. The third-order valence-corrected chi connectivity index (χ3v) is 5.64. The number of rotatable bonds is 4. The molecule has 8 heteroatoms. The number of hydrogen-bond donors (Lipinski definition) is 4. The van der Waals surface area contributed by atoms with Gasteiger partial charge in [-0.05, 0) is 58.7 Å². The molecule has 0 spiro atoms. The number of carboxylic acid groups (broad SMARTS) is 2.